The number of nitrogens with zero attached hydrogens (tertiary/aromatic N) is 3. The predicted molar refractivity (Wildman–Crippen MR) is 108 cm³/mol. The highest BCUT2D eigenvalue weighted by atomic mass is 79.9. The molecular formula is C20H24BrN3O3. The number of hydrogen-bond donors (Lipinski definition) is 0. The van der Waals surface area contributed by atoms with Crippen molar-refractivity contribution in [3.8, 4) is 0 Å². The molecule has 6 nitrogen and oxygen atoms in total. The average molecular weight is 434 g/mol. The van der Waals surface area contributed by atoms with Crippen molar-refractivity contribution in [1.82, 2.24) is 9.88 Å². The van der Waals surface area contributed by atoms with Gasteiger partial charge in [0, 0.05) is 37.8 Å². The van der Waals surface area contributed by atoms with Crippen LogP contribution < -0.4 is 4.90 Å². The van der Waals surface area contributed by atoms with Crippen molar-refractivity contribution in [2.75, 3.05) is 38.2 Å². The minimum Gasteiger partial charge on any atom is -0.445 e. The first-order valence-electron chi connectivity index (χ1n) is 8.97. The Morgan fingerprint density at radius 2 is 1.93 bits per heavy atom. The first-order valence-corrected chi connectivity index (χ1v) is 9.76. The summed E-state index contributed by atoms with van der Waals surface area (Å²) < 4.78 is 11.7. The zero-order chi connectivity index (χ0) is 19.2. The number of piperazine rings is 1. The molecule has 1 aliphatic rings. The van der Waals surface area contributed by atoms with E-state index in [1.807, 2.05) is 43.5 Å². The Bertz CT molecular complexity index is 764. The molecule has 144 valence electrons. The number of carbonyl (C=O) groups is 1. The lowest BCUT2D eigenvalue weighted by Gasteiger charge is -2.35. The van der Waals surface area contributed by atoms with Gasteiger partial charge in [-0.15, -0.1) is 0 Å². The number of carbonyl (C=O) groups excluding carboxylic acids is 1. The average Bonchev–Trinajstić information content (AvgIpc) is 2.72. The van der Waals surface area contributed by atoms with Crippen LogP contribution in [0.3, 0.4) is 0 Å². The molecule has 27 heavy (non-hydrogen) atoms. The normalized spacial score (nSPS) is 15.5. The molecule has 2 aromatic rings. The van der Waals surface area contributed by atoms with Crippen LogP contribution in [0.4, 0.5) is 10.5 Å². The van der Waals surface area contributed by atoms with E-state index in [2.05, 4.69) is 31.9 Å². The van der Waals surface area contributed by atoms with E-state index < -0.39 is 0 Å². The van der Waals surface area contributed by atoms with Crippen molar-refractivity contribution >= 4 is 27.7 Å². The fourth-order valence-corrected chi connectivity index (χ4v) is 3.64. The Balaban J connectivity index is 1.52. The zero-order valence-corrected chi connectivity index (χ0v) is 17.2. The Hall–Kier alpha value is -2.12. The molecule has 0 spiro atoms. The smallest absolute Gasteiger partial charge is 0.410 e. The topological polar surface area (TPSA) is 54.9 Å². The van der Waals surface area contributed by atoms with Gasteiger partial charge in [0.25, 0.3) is 0 Å². The lowest BCUT2D eigenvalue weighted by Crippen LogP contribution is -2.49. The van der Waals surface area contributed by atoms with Crippen LogP contribution in [0.1, 0.15) is 24.3 Å². The Morgan fingerprint density at radius 1 is 1.22 bits per heavy atom. The van der Waals surface area contributed by atoms with Crippen molar-refractivity contribution < 1.29 is 14.3 Å². The molecule has 0 bridgehead atoms. The van der Waals surface area contributed by atoms with Crippen LogP contribution >= 0.6 is 15.9 Å². The number of anilines is 1. The largest absolute Gasteiger partial charge is 0.445 e. The van der Waals surface area contributed by atoms with E-state index in [0.29, 0.717) is 19.7 Å². The monoisotopic (exact) mass is 433 g/mol. The van der Waals surface area contributed by atoms with Gasteiger partial charge in [-0.1, -0.05) is 30.3 Å². The molecule has 1 fully saturated rings. The number of ether oxygens (including phenoxy) is 2. The lowest BCUT2D eigenvalue weighted by molar-refractivity contribution is 0.0941. The summed E-state index contributed by atoms with van der Waals surface area (Å²) in [6, 6.07) is 11.8. The van der Waals surface area contributed by atoms with Crippen molar-refractivity contribution in [2.24, 2.45) is 0 Å². The first-order chi connectivity index (χ1) is 13.1. The number of pyridine rings is 1. The molecule has 1 amide bonds. The van der Waals surface area contributed by atoms with Crippen LogP contribution in [0, 0.1) is 0 Å². The molecule has 0 saturated carbocycles. The molecule has 0 unspecified atom stereocenters. The van der Waals surface area contributed by atoms with E-state index in [-0.39, 0.29) is 12.2 Å². The second kappa shape index (κ2) is 9.19. The van der Waals surface area contributed by atoms with Gasteiger partial charge >= 0.3 is 6.09 Å². The minimum atomic E-state index is -0.262. The minimum absolute atomic E-state index is 0.0651. The van der Waals surface area contributed by atoms with Crippen LogP contribution in [0.25, 0.3) is 0 Å². The number of halogens is 1. The summed E-state index contributed by atoms with van der Waals surface area (Å²) in [7, 11) is 1.67. The van der Waals surface area contributed by atoms with Crippen LogP contribution in [0.2, 0.25) is 0 Å². The highest BCUT2D eigenvalue weighted by Gasteiger charge is 2.23. The molecule has 1 aromatic heterocycles. The van der Waals surface area contributed by atoms with Crippen molar-refractivity contribution in [2.45, 2.75) is 19.6 Å². The van der Waals surface area contributed by atoms with Gasteiger partial charge in [0.1, 0.15) is 6.61 Å². The van der Waals surface area contributed by atoms with Gasteiger partial charge in [0.15, 0.2) is 0 Å². The third kappa shape index (κ3) is 4.99. The van der Waals surface area contributed by atoms with Gasteiger partial charge in [-0.05, 0) is 34.5 Å². The highest BCUT2D eigenvalue weighted by Crippen LogP contribution is 2.28. The summed E-state index contributed by atoms with van der Waals surface area (Å²) in [6.45, 7) is 5.01. The fraction of sp³-hybridized carbons (Fsp3) is 0.400. The lowest BCUT2D eigenvalue weighted by atomic mass is 10.2. The zero-order valence-electron chi connectivity index (χ0n) is 15.6. The molecule has 7 heteroatoms. The quantitative estimate of drug-likeness (QED) is 0.712. The van der Waals surface area contributed by atoms with E-state index in [9.17, 15) is 4.79 Å². The molecule has 1 aromatic carbocycles. The SMILES string of the molecule is CO[C@@H](C)c1ncc(N2CCN(C(=O)OCc3ccccc3)CC2)cc1Br. The number of methoxy groups -OCH3 is 1. The predicted octanol–water partition coefficient (Wildman–Crippen LogP) is 4.01. The van der Waals surface area contributed by atoms with Gasteiger partial charge in [-0.3, -0.25) is 4.98 Å². The molecular weight excluding hydrogens is 410 g/mol. The van der Waals surface area contributed by atoms with E-state index in [1.54, 1.807) is 12.0 Å². The number of rotatable bonds is 5. The molecule has 0 aliphatic carbocycles. The molecule has 0 radical (unpaired) electrons. The van der Waals surface area contributed by atoms with Gasteiger partial charge < -0.3 is 19.3 Å². The van der Waals surface area contributed by atoms with Crippen molar-refractivity contribution in [1.29, 1.82) is 0 Å². The molecule has 1 saturated heterocycles. The summed E-state index contributed by atoms with van der Waals surface area (Å²) in [5, 5.41) is 0. The van der Waals surface area contributed by atoms with Gasteiger partial charge in [0.2, 0.25) is 0 Å². The van der Waals surface area contributed by atoms with Crippen molar-refractivity contribution in [3.63, 3.8) is 0 Å². The maximum atomic E-state index is 12.3. The van der Waals surface area contributed by atoms with Crippen molar-refractivity contribution in [3.05, 3.63) is 58.3 Å². The summed E-state index contributed by atoms with van der Waals surface area (Å²) in [5.74, 6) is 0. The number of hydrogen-bond acceptors (Lipinski definition) is 5. The summed E-state index contributed by atoms with van der Waals surface area (Å²) in [6.07, 6.45) is 1.53. The van der Waals surface area contributed by atoms with Crippen LogP contribution in [-0.2, 0) is 16.1 Å². The highest BCUT2D eigenvalue weighted by molar-refractivity contribution is 9.10. The number of benzene rings is 1. The van der Waals surface area contributed by atoms with Gasteiger partial charge in [0.05, 0.1) is 23.7 Å². The molecule has 3 rings (SSSR count). The molecule has 0 N–H and O–H groups in total. The molecule has 2 heterocycles. The summed E-state index contributed by atoms with van der Waals surface area (Å²) in [4.78, 5) is 20.8. The van der Waals surface area contributed by atoms with Gasteiger partial charge in [-0.25, -0.2) is 4.79 Å². The first kappa shape index (κ1) is 19.6. The van der Waals surface area contributed by atoms with Crippen LogP contribution in [0.15, 0.2) is 47.1 Å². The van der Waals surface area contributed by atoms with Crippen LogP contribution in [0.5, 0.6) is 0 Å². The maximum Gasteiger partial charge on any atom is 0.410 e. The summed E-state index contributed by atoms with van der Waals surface area (Å²) in [5.41, 5.74) is 2.90. The second-order valence-corrected chi connectivity index (χ2v) is 7.31. The van der Waals surface area contributed by atoms with E-state index in [1.165, 1.54) is 0 Å². The molecule has 1 aliphatic heterocycles. The third-order valence-corrected chi connectivity index (χ3v) is 5.34. The van der Waals surface area contributed by atoms with E-state index in [4.69, 9.17) is 9.47 Å². The maximum absolute atomic E-state index is 12.3. The Labute approximate surface area is 168 Å². The third-order valence-electron chi connectivity index (χ3n) is 4.70. The van der Waals surface area contributed by atoms with Gasteiger partial charge in [-0.2, -0.15) is 0 Å². The summed E-state index contributed by atoms with van der Waals surface area (Å²) >= 11 is 3.58. The standard InChI is InChI=1S/C20H24BrN3O3/c1-15(26-2)19-18(21)12-17(13-22-19)23-8-10-24(11-9-23)20(25)27-14-16-6-4-3-5-7-16/h3-7,12-13,15H,8-11,14H2,1-2H3/t15-/m0/s1. The number of amides is 1. The van der Waals surface area contributed by atoms with E-state index >= 15 is 0 Å². The van der Waals surface area contributed by atoms with Crippen LogP contribution in [-0.4, -0.2) is 49.3 Å². The molecule has 1 atom stereocenters. The fourth-order valence-electron chi connectivity index (χ4n) is 2.98. The Kier molecular flexibility index (Phi) is 6.68. The van der Waals surface area contributed by atoms with E-state index in [0.717, 1.165) is 34.5 Å². The number of aromatic nitrogens is 1. The second-order valence-electron chi connectivity index (χ2n) is 6.45. The Morgan fingerprint density at radius 3 is 2.56 bits per heavy atom.